The summed E-state index contributed by atoms with van der Waals surface area (Å²) in [6.45, 7) is 0.695. The molecular weight excluding hydrogens is 214 g/mol. The molecule has 0 amide bonds. The number of quaternary nitrogens is 1. The third-order valence-corrected chi connectivity index (χ3v) is 2.20. The van der Waals surface area contributed by atoms with Crippen LogP contribution in [0.4, 0.5) is 0 Å². The van der Waals surface area contributed by atoms with Crippen molar-refractivity contribution < 1.29 is 9.84 Å². The highest BCUT2D eigenvalue weighted by molar-refractivity contribution is 6.30. The maximum atomic E-state index is 5.78. The van der Waals surface area contributed by atoms with Gasteiger partial charge in [0.1, 0.15) is 0 Å². The number of halogens is 1. The molecular formula is C10H11ClN3O+. The van der Waals surface area contributed by atoms with Crippen LogP contribution in [-0.4, -0.2) is 17.2 Å². The monoisotopic (exact) mass is 224 g/mol. The van der Waals surface area contributed by atoms with Gasteiger partial charge in [0.15, 0.2) is 6.54 Å². The van der Waals surface area contributed by atoms with E-state index in [-0.39, 0.29) is 0 Å². The lowest BCUT2D eigenvalue weighted by atomic mass is 10.2. The molecule has 0 aliphatic heterocycles. The van der Waals surface area contributed by atoms with Crippen LogP contribution in [0.25, 0.3) is 11.4 Å². The number of hydrogen-bond acceptors (Lipinski definition) is 3. The van der Waals surface area contributed by atoms with Crippen LogP contribution in [0, 0.1) is 0 Å². The number of aromatic nitrogens is 2. The predicted octanol–water partition coefficient (Wildman–Crippen LogP) is 1.08. The van der Waals surface area contributed by atoms with E-state index < -0.39 is 0 Å². The van der Waals surface area contributed by atoms with Gasteiger partial charge in [-0.1, -0.05) is 16.8 Å². The molecule has 0 saturated heterocycles. The molecule has 0 fully saturated rings. The molecule has 78 valence electrons. The Hall–Kier alpha value is -1.39. The topological polar surface area (TPSA) is 55.5 Å². The van der Waals surface area contributed by atoms with Crippen molar-refractivity contribution in [2.75, 3.05) is 7.05 Å². The standard InChI is InChI=1S/C10H10ClN3O/c1-12-6-9-13-10(14-15-9)7-2-4-8(11)5-3-7/h2-5,12H,6H2,1H3/p+1. The van der Waals surface area contributed by atoms with Crippen molar-refractivity contribution in [2.45, 2.75) is 6.54 Å². The highest BCUT2D eigenvalue weighted by Gasteiger charge is 2.08. The number of rotatable bonds is 3. The van der Waals surface area contributed by atoms with Gasteiger partial charge in [0.05, 0.1) is 7.05 Å². The first-order valence-corrected chi connectivity index (χ1v) is 5.03. The fourth-order valence-electron chi connectivity index (χ4n) is 1.23. The van der Waals surface area contributed by atoms with Gasteiger partial charge in [-0.3, -0.25) is 0 Å². The first-order chi connectivity index (χ1) is 7.29. The summed E-state index contributed by atoms with van der Waals surface area (Å²) in [4.78, 5) is 4.25. The number of nitrogens with two attached hydrogens (primary N) is 1. The van der Waals surface area contributed by atoms with E-state index in [9.17, 15) is 0 Å². The van der Waals surface area contributed by atoms with Gasteiger partial charge in [-0.15, -0.1) is 0 Å². The van der Waals surface area contributed by atoms with E-state index in [2.05, 4.69) is 10.1 Å². The molecule has 2 aromatic rings. The van der Waals surface area contributed by atoms with Crippen LogP contribution in [-0.2, 0) is 6.54 Å². The summed E-state index contributed by atoms with van der Waals surface area (Å²) < 4.78 is 5.06. The average Bonchev–Trinajstić information content (AvgIpc) is 2.68. The minimum Gasteiger partial charge on any atom is -0.341 e. The van der Waals surface area contributed by atoms with E-state index >= 15 is 0 Å². The Bertz CT molecular complexity index is 438. The zero-order valence-electron chi connectivity index (χ0n) is 8.27. The van der Waals surface area contributed by atoms with Gasteiger partial charge in [-0.25, -0.2) is 0 Å². The van der Waals surface area contributed by atoms with Gasteiger partial charge in [0.25, 0.3) is 5.89 Å². The SMILES string of the molecule is C[NH2+]Cc1nc(-c2ccc(Cl)cc2)no1. The molecule has 0 aliphatic carbocycles. The Morgan fingerprint density at radius 1 is 1.33 bits per heavy atom. The van der Waals surface area contributed by atoms with Crippen LogP contribution in [0.2, 0.25) is 5.02 Å². The summed E-state index contributed by atoms with van der Waals surface area (Å²) >= 11 is 5.78. The van der Waals surface area contributed by atoms with Crippen molar-refractivity contribution in [2.24, 2.45) is 0 Å². The summed E-state index contributed by atoms with van der Waals surface area (Å²) in [5.74, 6) is 1.23. The average molecular weight is 225 g/mol. The van der Waals surface area contributed by atoms with E-state index in [1.807, 2.05) is 24.5 Å². The van der Waals surface area contributed by atoms with Crippen molar-refractivity contribution in [1.29, 1.82) is 0 Å². The third-order valence-electron chi connectivity index (χ3n) is 1.95. The molecule has 0 spiro atoms. The Kier molecular flexibility index (Phi) is 2.99. The summed E-state index contributed by atoms with van der Waals surface area (Å²) in [5.41, 5.74) is 0.908. The zero-order chi connectivity index (χ0) is 10.7. The Labute approximate surface area is 92.3 Å². The summed E-state index contributed by atoms with van der Waals surface area (Å²) in [7, 11) is 1.95. The fourth-order valence-corrected chi connectivity index (χ4v) is 1.35. The summed E-state index contributed by atoms with van der Waals surface area (Å²) in [6.07, 6.45) is 0. The number of hydrogen-bond donors (Lipinski definition) is 1. The molecule has 1 heterocycles. The highest BCUT2D eigenvalue weighted by Crippen LogP contribution is 2.18. The van der Waals surface area contributed by atoms with E-state index in [1.165, 1.54) is 0 Å². The molecule has 0 unspecified atom stereocenters. The quantitative estimate of drug-likeness (QED) is 0.849. The molecule has 4 nitrogen and oxygen atoms in total. The van der Waals surface area contributed by atoms with E-state index in [4.69, 9.17) is 16.1 Å². The Morgan fingerprint density at radius 3 is 2.73 bits per heavy atom. The van der Waals surface area contributed by atoms with E-state index in [1.54, 1.807) is 12.1 Å². The van der Waals surface area contributed by atoms with Crippen molar-refractivity contribution in [3.05, 3.63) is 35.2 Å². The van der Waals surface area contributed by atoms with Gasteiger partial charge in [-0.2, -0.15) is 4.98 Å². The molecule has 1 aromatic heterocycles. The van der Waals surface area contributed by atoms with Crippen LogP contribution < -0.4 is 5.32 Å². The van der Waals surface area contributed by atoms with Gasteiger partial charge >= 0.3 is 0 Å². The molecule has 0 bridgehead atoms. The smallest absolute Gasteiger partial charge is 0.282 e. The maximum absolute atomic E-state index is 5.78. The molecule has 2 N–H and O–H groups in total. The van der Waals surface area contributed by atoms with Crippen LogP contribution in [0.1, 0.15) is 5.89 Å². The second-order valence-electron chi connectivity index (χ2n) is 3.13. The lowest BCUT2D eigenvalue weighted by Crippen LogP contribution is -2.77. The zero-order valence-corrected chi connectivity index (χ0v) is 9.03. The maximum Gasteiger partial charge on any atom is 0.282 e. The van der Waals surface area contributed by atoms with Crippen LogP contribution in [0.3, 0.4) is 0 Å². The first kappa shape index (κ1) is 10.1. The normalized spacial score (nSPS) is 10.5. The Morgan fingerprint density at radius 2 is 2.07 bits per heavy atom. The van der Waals surface area contributed by atoms with E-state index in [0.717, 1.165) is 5.56 Å². The van der Waals surface area contributed by atoms with E-state index in [0.29, 0.717) is 23.3 Å². The molecule has 0 radical (unpaired) electrons. The predicted molar refractivity (Wildman–Crippen MR) is 56.3 cm³/mol. The minimum absolute atomic E-state index is 0.600. The van der Waals surface area contributed by atoms with Gasteiger partial charge < -0.3 is 9.84 Å². The molecule has 0 saturated carbocycles. The largest absolute Gasteiger partial charge is 0.341 e. The first-order valence-electron chi connectivity index (χ1n) is 4.66. The van der Waals surface area contributed by atoms with Crippen molar-refractivity contribution in [3.8, 4) is 11.4 Å². The van der Waals surface area contributed by atoms with Crippen LogP contribution in [0.15, 0.2) is 28.8 Å². The molecule has 0 atom stereocenters. The van der Waals surface area contributed by atoms with Gasteiger partial charge in [-0.05, 0) is 24.3 Å². The second kappa shape index (κ2) is 4.42. The van der Waals surface area contributed by atoms with Crippen LogP contribution >= 0.6 is 11.6 Å². The number of benzene rings is 1. The second-order valence-corrected chi connectivity index (χ2v) is 3.57. The summed E-state index contributed by atoms with van der Waals surface area (Å²) in [5, 5.41) is 6.56. The van der Waals surface area contributed by atoms with Gasteiger partial charge in [0.2, 0.25) is 5.82 Å². The lowest BCUT2D eigenvalue weighted by Gasteiger charge is -1.92. The number of nitrogens with zero attached hydrogens (tertiary/aromatic N) is 2. The molecule has 1 aromatic carbocycles. The van der Waals surface area contributed by atoms with Crippen molar-refractivity contribution in [1.82, 2.24) is 10.1 Å². The van der Waals surface area contributed by atoms with Crippen molar-refractivity contribution in [3.63, 3.8) is 0 Å². The summed E-state index contributed by atoms with van der Waals surface area (Å²) in [6, 6.07) is 7.34. The molecule has 2 rings (SSSR count). The van der Waals surface area contributed by atoms with Crippen molar-refractivity contribution >= 4 is 11.6 Å². The molecule has 0 aliphatic rings. The van der Waals surface area contributed by atoms with Crippen LogP contribution in [0.5, 0.6) is 0 Å². The lowest BCUT2D eigenvalue weighted by molar-refractivity contribution is -0.645. The fraction of sp³-hybridized carbons (Fsp3) is 0.200. The third kappa shape index (κ3) is 2.34. The molecule has 15 heavy (non-hydrogen) atoms. The van der Waals surface area contributed by atoms with Gasteiger partial charge in [0, 0.05) is 10.6 Å². The molecule has 5 heteroatoms. The minimum atomic E-state index is 0.600. The highest BCUT2D eigenvalue weighted by atomic mass is 35.5. The Balaban J connectivity index is 2.25.